The Kier molecular flexibility index (Phi) is 10.2. The molecule has 0 saturated heterocycles. The van der Waals surface area contributed by atoms with Gasteiger partial charge in [0, 0.05) is 37.8 Å². The number of hydrogen-bond acceptors (Lipinski definition) is 3. The second-order valence-corrected chi connectivity index (χ2v) is 10.8. The van der Waals surface area contributed by atoms with Crippen molar-refractivity contribution in [2.75, 3.05) is 21.1 Å². The van der Waals surface area contributed by atoms with Gasteiger partial charge in [-0.2, -0.15) is 92.2 Å². The average Bonchev–Trinajstić information content (AvgIpc) is 3.34. The summed E-state index contributed by atoms with van der Waals surface area (Å²) in [4.78, 5) is 8.11. The van der Waals surface area contributed by atoms with Crippen LogP contribution >= 0.6 is 0 Å². The molecular formula is C28H16F21N3. The Bertz CT molecular complexity index is 1810. The Labute approximate surface area is 275 Å². The van der Waals surface area contributed by atoms with E-state index in [0.29, 0.717) is 25.2 Å². The van der Waals surface area contributed by atoms with Crippen LogP contribution in [0.15, 0.2) is 45.3 Å². The van der Waals surface area contributed by atoms with Crippen LogP contribution in [0.3, 0.4) is 0 Å². The van der Waals surface area contributed by atoms with Crippen LogP contribution in [-0.2, 0) is 6.42 Å². The van der Waals surface area contributed by atoms with E-state index in [1.165, 1.54) is 0 Å². The van der Waals surface area contributed by atoms with E-state index in [0.717, 1.165) is 0 Å². The van der Waals surface area contributed by atoms with Crippen LogP contribution < -0.4 is 0 Å². The van der Waals surface area contributed by atoms with Crippen molar-refractivity contribution in [2.45, 2.75) is 60.5 Å². The standard InChI is InChI=1S/C28H16F21N3/c1-50-17(20(29,30)23(35,36)26(41,42)43)10-4-5-13-11(6-10)7-15-14(13)8-12(18(51-2)21(31,32)24(37,38)27(44,45)46)9-16(15)19(52-3)22(33,34)25(39,40)28(47,48)49/h4-6,8-9H,7H2,1-3H3. The third-order valence-electron chi connectivity index (χ3n) is 7.63. The van der Waals surface area contributed by atoms with Gasteiger partial charge < -0.3 is 0 Å². The normalized spacial score (nSPS) is 16.3. The molecule has 0 saturated carbocycles. The molecular weight excluding hydrogens is 777 g/mol. The molecule has 0 amide bonds. The second kappa shape index (κ2) is 12.5. The first-order chi connectivity index (χ1) is 23.1. The highest BCUT2D eigenvalue weighted by atomic mass is 19.4. The van der Waals surface area contributed by atoms with Gasteiger partial charge in [-0.25, -0.2) is 0 Å². The summed E-state index contributed by atoms with van der Waals surface area (Å²) in [5, 5.41) is 0. The van der Waals surface area contributed by atoms with Gasteiger partial charge >= 0.3 is 54.1 Å². The Morgan fingerprint density at radius 3 is 1.17 bits per heavy atom. The topological polar surface area (TPSA) is 37.1 Å². The number of fused-ring (bicyclic) bond motifs is 3. The fraction of sp³-hybridized carbons (Fsp3) is 0.464. The SMILES string of the molecule is CN=C(c1ccc2c(c1)Cc1c(C(=NC)C(F)(F)C(F)(F)C(F)(F)F)cc(C(=NC)C(F)(F)C(F)(F)C(F)(F)F)cc1-2)C(F)(F)C(F)(F)C(F)(F)F. The summed E-state index contributed by atoms with van der Waals surface area (Å²) in [5.41, 5.74) is -15.4. The van der Waals surface area contributed by atoms with Crippen LogP contribution in [0.1, 0.15) is 27.8 Å². The lowest BCUT2D eigenvalue weighted by atomic mass is 9.87. The summed E-state index contributed by atoms with van der Waals surface area (Å²) < 4.78 is 290. The van der Waals surface area contributed by atoms with Crippen molar-refractivity contribution in [3.63, 3.8) is 0 Å². The molecule has 0 aliphatic heterocycles. The largest absolute Gasteiger partial charge is 0.460 e. The molecule has 1 aliphatic carbocycles. The van der Waals surface area contributed by atoms with Gasteiger partial charge in [0.05, 0.1) is 0 Å². The summed E-state index contributed by atoms with van der Waals surface area (Å²) in [5.74, 6) is -39.9. The van der Waals surface area contributed by atoms with Crippen molar-refractivity contribution >= 4 is 17.1 Å². The molecule has 0 bridgehead atoms. The Morgan fingerprint density at radius 1 is 0.442 bits per heavy atom. The van der Waals surface area contributed by atoms with E-state index in [1.54, 1.807) is 0 Å². The molecule has 0 aromatic heterocycles. The van der Waals surface area contributed by atoms with Crippen LogP contribution in [0, 0.1) is 0 Å². The van der Waals surface area contributed by atoms with Crippen LogP contribution in [-0.4, -0.2) is 92.3 Å². The Balaban J connectivity index is 2.44. The van der Waals surface area contributed by atoms with Crippen LogP contribution in [0.4, 0.5) is 92.2 Å². The summed E-state index contributed by atoms with van der Waals surface area (Å²) in [6.07, 6.45) is -22.2. The first-order valence-corrected chi connectivity index (χ1v) is 13.3. The highest BCUT2D eigenvalue weighted by Crippen LogP contribution is 2.53. The second-order valence-electron chi connectivity index (χ2n) is 10.8. The third kappa shape index (κ3) is 6.15. The lowest BCUT2D eigenvalue weighted by Gasteiger charge is -2.31. The zero-order valence-electron chi connectivity index (χ0n) is 25.4. The molecule has 2 aromatic carbocycles. The first kappa shape index (κ1) is 42.4. The molecule has 3 nitrogen and oxygen atoms in total. The van der Waals surface area contributed by atoms with Crippen molar-refractivity contribution < 1.29 is 92.2 Å². The van der Waals surface area contributed by atoms with Gasteiger partial charge in [0.15, 0.2) is 0 Å². The predicted octanol–water partition coefficient (Wildman–Crippen LogP) is 10.0. The van der Waals surface area contributed by atoms with Crippen molar-refractivity contribution in [3.05, 3.63) is 58.1 Å². The minimum Gasteiger partial charge on any atom is -0.286 e. The molecule has 290 valence electrons. The summed E-state index contributed by atoms with van der Waals surface area (Å²) in [6.45, 7) is 0. The van der Waals surface area contributed by atoms with Gasteiger partial charge in [0.1, 0.15) is 17.1 Å². The number of hydrogen-bond donors (Lipinski definition) is 0. The van der Waals surface area contributed by atoms with Gasteiger partial charge in [-0.1, -0.05) is 12.1 Å². The molecule has 0 unspecified atom stereocenters. The van der Waals surface area contributed by atoms with E-state index in [2.05, 4.69) is 15.0 Å². The summed E-state index contributed by atoms with van der Waals surface area (Å²) >= 11 is 0. The zero-order valence-corrected chi connectivity index (χ0v) is 25.4. The maximum atomic E-state index is 15.1. The molecule has 0 atom stereocenters. The molecule has 0 heterocycles. The lowest BCUT2D eigenvalue weighted by molar-refractivity contribution is -0.336. The van der Waals surface area contributed by atoms with Crippen LogP contribution in [0.5, 0.6) is 0 Å². The molecule has 3 rings (SSSR count). The maximum absolute atomic E-state index is 15.1. The molecule has 1 aliphatic rings. The number of nitrogens with zero attached hydrogens (tertiary/aromatic N) is 3. The first-order valence-electron chi connectivity index (χ1n) is 13.3. The van der Waals surface area contributed by atoms with Gasteiger partial charge in [-0.15, -0.1) is 0 Å². The van der Waals surface area contributed by atoms with Crippen LogP contribution in [0.2, 0.25) is 0 Å². The summed E-state index contributed by atoms with van der Waals surface area (Å²) in [6, 6.07) is 1.06. The van der Waals surface area contributed by atoms with Gasteiger partial charge in [-0.3, -0.25) is 15.0 Å². The monoisotopic (exact) mass is 793 g/mol. The van der Waals surface area contributed by atoms with Crippen molar-refractivity contribution in [1.82, 2.24) is 0 Å². The Hall–Kier alpha value is -4.02. The quantitative estimate of drug-likeness (QED) is 0.153. The molecule has 0 radical (unpaired) electrons. The van der Waals surface area contributed by atoms with E-state index in [-0.39, 0.29) is 26.2 Å². The minimum absolute atomic E-state index is 0.156. The third-order valence-corrected chi connectivity index (χ3v) is 7.63. The zero-order chi connectivity index (χ0) is 40.6. The number of rotatable bonds is 9. The molecule has 0 N–H and O–H groups in total. The number of halogens is 21. The molecule has 52 heavy (non-hydrogen) atoms. The van der Waals surface area contributed by atoms with Crippen molar-refractivity contribution in [1.29, 1.82) is 0 Å². The number of alkyl halides is 21. The maximum Gasteiger partial charge on any atom is 0.460 e. The highest BCUT2D eigenvalue weighted by molar-refractivity contribution is 6.14. The van der Waals surface area contributed by atoms with E-state index >= 15 is 8.78 Å². The van der Waals surface area contributed by atoms with Crippen molar-refractivity contribution in [2.24, 2.45) is 15.0 Å². The predicted molar refractivity (Wildman–Crippen MR) is 140 cm³/mol. The van der Waals surface area contributed by atoms with E-state index < -0.39 is 117 Å². The molecule has 0 fully saturated rings. The van der Waals surface area contributed by atoms with Gasteiger partial charge in [-0.05, 0) is 46.9 Å². The number of aliphatic imine (C=N–C) groups is 3. The van der Waals surface area contributed by atoms with E-state index in [9.17, 15) is 83.4 Å². The van der Waals surface area contributed by atoms with Crippen molar-refractivity contribution in [3.8, 4) is 11.1 Å². The van der Waals surface area contributed by atoms with Gasteiger partial charge in [0.25, 0.3) is 0 Å². The fourth-order valence-corrected chi connectivity index (χ4v) is 5.10. The fourth-order valence-electron chi connectivity index (χ4n) is 5.10. The van der Waals surface area contributed by atoms with Gasteiger partial charge in [0.2, 0.25) is 0 Å². The highest BCUT2D eigenvalue weighted by Gasteiger charge is 2.77. The summed E-state index contributed by atoms with van der Waals surface area (Å²) in [7, 11) is 0.660. The average molecular weight is 793 g/mol. The molecule has 0 spiro atoms. The lowest BCUT2D eigenvalue weighted by Crippen LogP contribution is -2.57. The van der Waals surface area contributed by atoms with E-state index in [4.69, 9.17) is 0 Å². The minimum atomic E-state index is -7.08. The smallest absolute Gasteiger partial charge is 0.286 e. The van der Waals surface area contributed by atoms with E-state index in [1.807, 2.05) is 0 Å². The Morgan fingerprint density at radius 2 is 0.808 bits per heavy atom. The number of benzene rings is 2. The molecule has 2 aromatic rings. The molecule has 24 heteroatoms. The van der Waals surface area contributed by atoms with Crippen LogP contribution in [0.25, 0.3) is 11.1 Å².